The minimum absolute atomic E-state index is 0.0748. The number of carbonyl (C=O) groups is 1. The Balaban J connectivity index is 2.35. The van der Waals surface area contributed by atoms with Crippen LogP contribution in [-0.2, 0) is 6.42 Å². The van der Waals surface area contributed by atoms with Crippen molar-refractivity contribution >= 4 is 11.6 Å². The number of anilines is 1. The predicted octanol–water partition coefficient (Wildman–Crippen LogP) is 1.77. The van der Waals surface area contributed by atoms with Gasteiger partial charge in [-0.15, -0.1) is 0 Å². The van der Waals surface area contributed by atoms with Crippen LogP contribution in [0.1, 0.15) is 22.8 Å². The van der Waals surface area contributed by atoms with Gasteiger partial charge in [-0.1, -0.05) is 6.07 Å². The molecule has 0 aliphatic carbocycles. The summed E-state index contributed by atoms with van der Waals surface area (Å²) in [5.41, 5.74) is 3.37. The second kappa shape index (κ2) is 4.16. The van der Waals surface area contributed by atoms with Crippen molar-refractivity contribution in [3.8, 4) is 0 Å². The molecule has 3 heteroatoms. The fraction of sp³-hybridized carbons (Fsp3) is 0.462. The van der Waals surface area contributed by atoms with Gasteiger partial charge in [-0.25, -0.2) is 0 Å². The van der Waals surface area contributed by atoms with Gasteiger partial charge in [-0.2, -0.15) is 0 Å². The third-order valence-electron chi connectivity index (χ3n) is 3.11. The van der Waals surface area contributed by atoms with Crippen LogP contribution in [0.15, 0.2) is 18.2 Å². The SMILES string of the molecule is CCN1CCc2ccc(C(=O)N(C)C)cc21. The van der Waals surface area contributed by atoms with E-state index in [1.165, 1.54) is 11.3 Å². The monoisotopic (exact) mass is 218 g/mol. The molecule has 0 atom stereocenters. The molecule has 0 aromatic heterocycles. The smallest absolute Gasteiger partial charge is 0.253 e. The molecule has 0 saturated carbocycles. The molecule has 1 heterocycles. The average molecular weight is 218 g/mol. The summed E-state index contributed by atoms with van der Waals surface area (Å²) < 4.78 is 0. The summed E-state index contributed by atoms with van der Waals surface area (Å²) >= 11 is 0. The van der Waals surface area contributed by atoms with Crippen LogP contribution in [0.25, 0.3) is 0 Å². The molecule has 1 aliphatic rings. The van der Waals surface area contributed by atoms with Gasteiger partial charge < -0.3 is 9.80 Å². The largest absolute Gasteiger partial charge is 0.371 e. The Hall–Kier alpha value is -1.51. The highest BCUT2D eigenvalue weighted by Gasteiger charge is 2.19. The molecule has 1 aromatic carbocycles. The molecular weight excluding hydrogens is 200 g/mol. The number of carbonyl (C=O) groups excluding carboxylic acids is 1. The van der Waals surface area contributed by atoms with E-state index in [4.69, 9.17) is 0 Å². The highest BCUT2D eigenvalue weighted by molar-refractivity contribution is 5.95. The number of hydrogen-bond acceptors (Lipinski definition) is 2. The zero-order chi connectivity index (χ0) is 11.7. The second-order valence-electron chi connectivity index (χ2n) is 4.37. The van der Waals surface area contributed by atoms with E-state index in [-0.39, 0.29) is 5.91 Å². The average Bonchev–Trinajstić information content (AvgIpc) is 2.69. The third kappa shape index (κ3) is 1.77. The van der Waals surface area contributed by atoms with Crippen LogP contribution in [-0.4, -0.2) is 38.0 Å². The van der Waals surface area contributed by atoms with Gasteiger partial charge in [0, 0.05) is 38.4 Å². The van der Waals surface area contributed by atoms with Gasteiger partial charge in [-0.05, 0) is 31.0 Å². The van der Waals surface area contributed by atoms with E-state index in [1.807, 2.05) is 12.1 Å². The first-order chi connectivity index (χ1) is 7.63. The Bertz CT molecular complexity index is 412. The molecule has 2 rings (SSSR count). The van der Waals surface area contributed by atoms with Crippen LogP contribution in [0.5, 0.6) is 0 Å². The summed E-state index contributed by atoms with van der Waals surface area (Å²) in [5, 5.41) is 0. The summed E-state index contributed by atoms with van der Waals surface area (Å²) in [5.74, 6) is 0.0748. The zero-order valence-electron chi connectivity index (χ0n) is 10.2. The summed E-state index contributed by atoms with van der Waals surface area (Å²) in [6.07, 6.45) is 1.10. The van der Waals surface area contributed by atoms with Gasteiger partial charge >= 0.3 is 0 Å². The number of rotatable bonds is 2. The molecule has 16 heavy (non-hydrogen) atoms. The van der Waals surface area contributed by atoms with E-state index in [1.54, 1.807) is 19.0 Å². The lowest BCUT2D eigenvalue weighted by atomic mass is 10.1. The van der Waals surface area contributed by atoms with E-state index in [2.05, 4.69) is 17.9 Å². The zero-order valence-corrected chi connectivity index (χ0v) is 10.2. The quantitative estimate of drug-likeness (QED) is 0.755. The van der Waals surface area contributed by atoms with Crippen molar-refractivity contribution in [3.05, 3.63) is 29.3 Å². The van der Waals surface area contributed by atoms with Gasteiger partial charge in [-0.3, -0.25) is 4.79 Å². The maximum atomic E-state index is 11.8. The van der Waals surface area contributed by atoms with Crippen molar-refractivity contribution < 1.29 is 4.79 Å². The van der Waals surface area contributed by atoms with E-state index >= 15 is 0 Å². The fourth-order valence-electron chi connectivity index (χ4n) is 2.17. The van der Waals surface area contributed by atoms with E-state index < -0.39 is 0 Å². The highest BCUT2D eigenvalue weighted by Crippen LogP contribution is 2.28. The lowest BCUT2D eigenvalue weighted by Gasteiger charge is -2.18. The van der Waals surface area contributed by atoms with Crippen molar-refractivity contribution in [1.82, 2.24) is 4.90 Å². The predicted molar refractivity (Wildman–Crippen MR) is 66.1 cm³/mol. The fourth-order valence-corrected chi connectivity index (χ4v) is 2.17. The van der Waals surface area contributed by atoms with Crippen molar-refractivity contribution in [2.75, 3.05) is 32.1 Å². The summed E-state index contributed by atoms with van der Waals surface area (Å²) in [6, 6.07) is 6.04. The Kier molecular flexibility index (Phi) is 2.86. The first kappa shape index (κ1) is 11.0. The van der Waals surface area contributed by atoms with Gasteiger partial charge in [0.15, 0.2) is 0 Å². The lowest BCUT2D eigenvalue weighted by Crippen LogP contribution is -2.23. The van der Waals surface area contributed by atoms with Crippen LogP contribution in [0.3, 0.4) is 0 Å². The van der Waals surface area contributed by atoms with Crippen molar-refractivity contribution in [2.45, 2.75) is 13.3 Å². The standard InChI is InChI=1S/C13H18N2O/c1-4-15-8-7-10-5-6-11(9-12(10)15)13(16)14(2)3/h5-6,9H,4,7-8H2,1-3H3. The van der Waals surface area contributed by atoms with E-state index in [0.717, 1.165) is 25.1 Å². The maximum Gasteiger partial charge on any atom is 0.253 e. The minimum Gasteiger partial charge on any atom is -0.371 e. The van der Waals surface area contributed by atoms with Gasteiger partial charge in [0.2, 0.25) is 0 Å². The molecule has 1 aromatic rings. The molecule has 0 spiro atoms. The normalized spacial score (nSPS) is 13.8. The van der Waals surface area contributed by atoms with Crippen molar-refractivity contribution in [1.29, 1.82) is 0 Å². The second-order valence-corrected chi connectivity index (χ2v) is 4.37. The third-order valence-corrected chi connectivity index (χ3v) is 3.11. The van der Waals surface area contributed by atoms with Crippen molar-refractivity contribution in [2.24, 2.45) is 0 Å². The van der Waals surface area contributed by atoms with Crippen LogP contribution < -0.4 is 4.90 Å². The molecule has 0 bridgehead atoms. The summed E-state index contributed by atoms with van der Waals surface area (Å²) in [6.45, 7) is 4.23. The molecule has 0 unspecified atom stereocenters. The van der Waals surface area contributed by atoms with Crippen LogP contribution in [0.2, 0.25) is 0 Å². The van der Waals surface area contributed by atoms with Gasteiger partial charge in [0.25, 0.3) is 5.91 Å². The van der Waals surface area contributed by atoms with E-state index in [0.29, 0.717) is 0 Å². The molecule has 0 saturated heterocycles. The number of nitrogens with zero attached hydrogens (tertiary/aromatic N) is 2. The van der Waals surface area contributed by atoms with E-state index in [9.17, 15) is 4.79 Å². The molecule has 0 radical (unpaired) electrons. The number of fused-ring (bicyclic) bond motifs is 1. The van der Waals surface area contributed by atoms with Crippen molar-refractivity contribution in [3.63, 3.8) is 0 Å². The summed E-state index contributed by atoms with van der Waals surface area (Å²) in [7, 11) is 3.57. The topological polar surface area (TPSA) is 23.6 Å². The van der Waals surface area contributed by atoms with Crippen LogP contribution in [0, 0.1) is 0 Å². The molecule has 86 valence electrons. The number of hydrogen-bond donors (Lipinski definition) is 0. The highest BCUT2D eigenvalue weighted by atomic mass is 16.2. The molecule has 0 N–H and O–H groups in total. The number of amides is 1. The minimum atomic E-state index is 0.0748. The molecular formula is C13H18N2O. The first-order valence-corrected chi connectivity index (χ1v) is 5.73. The van der Waals surface area contributed by atoms with Gasteiger partial charge in [0.05, 0.1) is 0 Å². The number of likely N-dealkylation sites (N-methyl/N-ethyl adjacent to an activating group) is 1. The lowest BCUT2D eigenvalue weighted by molar-refractivity contribution is 0.0827. The Labute approximate surface area is 96.7 Å². The maximum absolute atomic E-state index is 11.8. The molecule has 0 fully saturated rings. The molecule has 3 nitrogen and oxygen atoms in total. The molecule has 1 amide bonds. The first-order valence-electron chi connectivity index (χ1n) is 5.73. The Morgan fingerprint density at radius 2 is 2.19 bits per heavy atom. The Morgan fingerprint density at radius 1 is 1.44 bits per heavy atom. The van der Waals surface area contributed by atoms with Crippen LogP contribution >= 0.6 is 0 Å². The summed E-state index contributed by atoms with van der Waals surface area (Å²) in [4.78, 5) is 15.8. The molecule has 1 aliphatic heterocycles. The van der Waals surface area contributed by atoms with Gasteiger partial charge in [0.1, 0.15) is 0 Å². The Morgan fingerprint density at radius 3 is 2.81 bits per heavy atom. The van der Waals surface area contributed by atoms with Crippen LogP contribution in [0.4, 0.5) is 5.69 Å². The number of benzene rings is 1.